The second-order valence-corrected chi connectivity index (χ2v) is 8.51. The maximum atomic E-state index is 12.5. The van der Waals surface area contributed by atoms with Crippen LogP contribution in [-0.2, 0) is 4.74 Å². The van der Waals surface area contributed by atoms with E-state index in [1.165, 1.54) is 18.5 Å². The molecule has 0 bridgehead atoms. The molecule has 0 unspecified atom stereocenters. The minimum atomic E-state index is -2.96. The summed E-state index contributed by atoms with van der Waals surface area (Å²) in [7, 11) is 0. The molecule has 10 nitrogen and oxygen atoms in total. The first-order valence-corrected chi connectivity index (χ1v) is 10.3. The fourth-order valence-electron chi connectivity index (χ4n) is 3.33. The van der Waals surface area contributed by atoms with E-state index in [-0.39, 0.29) is 24.1 Å². The van der Waals surface area contributed by atoms with E-state index in [1.54, 1.807) is 4.90 Å². The van der Waals surface area contributed by atoms with Crippen molar-refractivity contribution in [3.05, 3.63) is 18.5 Å². The maximum Gasteiger partial charge on any atom is 0.410 e. The lowest BCUT2D eigenvalue weighted by molar-refractivity contribution is -0.0528. The molecule has 1 fully saturated rings. The monoisotopic (exact) mass is 454 g/mol. The quantitative estimate of drug-likeness (QED) is 0.671. The van der Waals surface area contributed by atoms with Crippen LogP contribution >= 0.6 is 0 Å². The van der Waals surface area contributed by atoms with Crippen molar-refractivity contribution in [2.75, 3.05) is 11.9 Å². The second kappa shape index (κ2) is 9.96. The van der Waals surface area contributed by atoms with Gasteiger partial charge in [0, 0.05) is 25.1 Å². The summed E-state index contributed by atoms with van der Waals surface area (Å²) >= 11 is 0. The number of nitrogens with one attached hydrogen (secondary N) is 2. The summed E-state index contributed by atoms with van der Waals surface area (Å²) in [6.45, 7) is 5.12. The lowest BCUT2D eigenvalue weighted by atomic mass is 10.1. The Morgan fingerprint density at radius 3 is 2.81 bits per heavy atom. The van der Waals surface area contributed by atoms with Gasteiger partial charge in [-0.25, -0.2) is 4.79 Å². The minimum Gasteiger partial charge on any atom is -0.473 e. The molecular formula is C20H28F2N6O4. The Morgan fingerprint density at radius 2 is 2.09 bits per heavy atom. The van der Waals surface area contributed by atoms with Gasteiger partial charge in [-0.1, -0.05) is 0 Å². The van der Waals surface area contributed by atoms with Gasteiger partial charge in [-0.3, -0.25) is 10.1 Å². The first-order valence-electron chi connectivity index (χ1n) is 10.3. The number of rotatable bonds is 6. The van der Waals surface area contributed by atoms with Crippen LogP contribution in [0.4, 0.5) is 25.2 Å². The van der Waals surface area contributed by atoms with Crippen molar-refractivity contribution >= 4 is 17.7 Å². The first kappa shape index (κ1) is 23.5. The van der Waals surface area contributed by atoms with E-state index in [9.17, 15) is 13.6 Å². The molecule has 2 atom stereocenters. The Kier molecular flexibility index (Phi) is 7.31. The first-order chi connectivity index (χ1) is 15.1. The summed E-state index contributed by atoms with van der Waals surface area (Å²) in [4.78, 5) is 22.7. The molecule has 2 aromatic heterocycles. The van der Waals surface area contributed by atoms with Gasteiger partial charge in [-0.05, 0) is 40.5 Å². The number of aromatic amines is 1. The molecular weight excluding hydrogens is 426 g/mol. The summed E-state index contributed by atoms with van der Waals surface area (Å²) in [6.07, 6.45) is 4.60. The molecule has 0 aromatic carbocycles. The smallest absolute Gasteiger partial charge is 0.410 e. The molecule has 1 aliphatic rings. The molecule has 12 heteroatoms. The SMILES string of the molecule is C[C@@H]1C[C@H](Oc2cncc(Nc3cc(OC(F)F)n[nH]3)n2)CCCN1C(=O)OC(C)(C)C. The van der Waals surface area contributed by atoms with Crippen LogP contribution in [0.1, 0.15) is 47.0 Å². The van der Waals surface area contributed by atoms with Gasteiger partial charge in [0.25, 0.3) is 0 Å². The summed E-state index contributed by atoms with van der Waals surface area (Å²) in [5.74, 6) is 0.710. The Hall–Kier alpha value is -3.18. The van der Waals surface area contributed by atoms with Crippen molar-refractivity contribution < 1.29 is 27.8 Å². The van der Waals surface area contributed by atoms with Crippen LogP contribution in [0.15, 0.2) is 18.5 Å². The third-order valence-electron chi connectivity index (χ3n) is 4.62. The lowest BCUT2D eigenvalue weighted by Crippen LogP contribution is -2.42. The summed E-state index contributed by atoms with van der Waals surface area (Å²) in [5, 5.41) is 9.02. The van der Waals surface area contributed by atoms with Crippen LogP contribution in [0.25, 0.3) is 0 Å². The van der Waals surface area contributed by atoms with Crippen molar-refractivity contribution in [3.63, 3.8) is 0 Å². The van der Waals surface area contributed by atoms with Crippen molar-refractivity contribution in [1.29, 1.82) is 0 Å². The Bertz CT molecular complexity index is 904. The maximum absolute atomic E-state index is 12.5. The zero-order chi connectivity index (χ0) is 23.3. The molecule has 0 aliphatic carbocycles. The van der Waals surface area contributed by atoms with Crippen LogP contribution in [-0.4, -0.2) is 62.1 Å². The molecule has 0 saturated carbocycles. The van der Waals surface area contributed by atoms with Gasteiger partial charge in [0.1, 0.15) is 17.5 Å². The van der Waals surface area contributed by atoms with E-state index in [4.69, 9.17) is 9.47 Å². The van der Waals surface area contributed by atoms with Crippen molar-refractivity contribution in [2.45, 2.75) is 71.3 Å². The van der Waals surface area contributed by atoms with Crippen LogP contribution in [0.2, 0.25) is 0 Å². The van der Waals surface area contributed by atoms with Crippen molar-refractivity contribution in [1.82, 2.24) is 25.1 Å². The van der Waals surface area contributed by atoms with Gasteiger partial charge in [-0.2, -0.15) is 13.8 Å². The molecule has 3 heterocycles. The Morgan fingerprint density at radius 1 is 1.31 bits per heavy atom. The zero-order valence-corrected chi connectivity index (χ0v) is 18.5. The van der Waals surface area contributed by atoms with Gasteiger partial charge < -0.3 is 24.4 Å². The number of aromatic nitrogens is 4. The fraction of sp³-hybridized carbons (Fsp3) is 0.600. The Labute approximate surface area is 184 Å². The van der Waals surface area contributed by atoms with Gasteiger partial charge in [0.15, 0.2) is 5.82 Å². The van der Waals surface area contributed by atoms with Crippen LogP contribution < -0.4 is 14.8 Å². The minimum absolute atomic E-state index is 0.0649. The molecule has 2 N–H and O–H groups in total. The van der Waals surface area contributed by atoms with E-state index < -0.39 is 12.2 Å². The number of ether oxygens (including phenoxy) is 3. The number of hydrogen-bond acceptors (Lipinski definition) is 8. The molecule has 3 rings (SSSR count). The number of carbonyl (C=O) groups excluding carboxylic acids is 1. The Balaban J connectivity index is 1.59. The molecule has 1 saturated heterocycles. The van der Waals surface area contributed by atoms with E-state index in [1.807, 2.05) is 27.7 Å². The number of anilines is 2. The van der Waals surface area contributed by atoms with Crippen LogP contribution in [0.5, 0.6) is 11.8 Å². The molecule has 0 radical (unpaired) electrons. The predicted octanol–water partition coefficient (Wildman–Crippen LogP) is 4.10. The highest BCUT2D eigenvalue weighted by Crippen LogP contribution is 2.24. The highest BCUT2D eigenvalue weighted by atomic mass is 19.3. The number of halogens is 2. The van der Waals surface area contributed by atoms with Crippen LogP contribution in [0, 0.1) is 0 Å². The predicted molar refractivity (Wildman–Crippen MR) is 111 cm³/mol. The van der Waals surface area contributed by atoms with E-state index in [2.05, 4.69) is 30.2 Å². The zero-order valence-electron chi connectivity index (χ0n) is 18.5. The van der Waals surface area contributed by atoms with Gasteiger partial charge in [0.2, 0.25) is 11.8 Å². The number of alkyl halides is 2. The molecule has 0 spiro atoms. The molecule has 2 aromatic rings. The molecule has 1 aliphatic heterocycles. The highest BCUT2D eigenvalue weighted by molar-refractivity contribution is 5.68. The normalized spacial score (nSPS) is 19.4. The average Bonchev–Trinajstić information content (AvgIpc) is 3.00. The van der Waals surface area contributed by atoms with Crippen LogP contribution in [0.3, 0.4) is 0 Å². The average molecular weight is 454 g/mol. The second-order valence-electron chi connectivity index (χ2n) is 8.51. The van der Waals surface area contributed by atoms with Gasteiger partial charge >= 0.3 is 12.7 Å². The molecule has 176 valence electrons. The number of carbonyl (C=O) groups is 1. The summed E-state index contributed by atoms with van der Waals surface area (Å²) < 4.78 is 40.3. The summed E-state index contributed by atoms with van der Waals surface area (Å²) in [6, 6.07) is 1.21. The van der Waals surface area contributed by atoms with E-state index in [0.717, 1.165) is 12.8 Å². The molecule has 32 heavy (non-hydrogen) atoms. The summed E-state index contributed by atoms with van der Waals surface area (Å²) in [5.41, 5.74) is -0.553. The van der Waals surface area contributed by atoms with Crippen molar-refractivity contribution in [2.24, 2.45) is 0 Å². The van der Waals surface area contributed by atoms with Gasteiger partial charge in [0.05, 0.1) is 12.4 Å². The van der Waals surface area contributed by atoms with Crippen molar-refractivity contribution in [3.8, 4) is 11.8 Å². The number of amides is 1. The largest absolute Gasteiger partial charge is 0.473 e. The third-order valence-corrected chi connectivity index (χ3v) is 4.62. The fourth-order valence-corrected chi connectivity index (χ4v) is 3.33. The van der Waals surface area contributed by atoms with E-state index in [0.29, 0.717) is 30.5 Å². The number of hydrogen-bond donors (Lipinski definition) is 2. The topological polar surface area (TPSA) is 114 Å². The molecule has 1 amide bonds. The van der Waals surface area contributed by atoms with E-state index >= 15 is 0 Å². The number of H-pyrrole nitrogens is 1. The number of nitrogens with zero attached hydrogens (tertiary/aromatic N) is 4. The van der Waals surface area contributed by atoms with Gasteiger partial charge in [-0.15, -0.1) is 5.10 Å². The number of likely N-dealkylation sites (tertiary alicyclic amines) is 1. The third kappa shape index (κ3) is 6.92. The lowest BCUT2D eigenvalue weighted by Gasteiger charge is -2.30. The highest BCUT2D eigenvalue weighted by Gasteiger charge is 2.30. The standard InChI is InChI=1S/C20H28F2N6O4/c1-12-8-13(6-5-7-28(12)19(29)32-20(2,3)4)30-17-11-23-10-15(25-17)24-14-9-16(27-26-14)31-18(21)22/h9-13,18H,5-8H2,1-4H3,(H2,24,25,26,27)/t12-,13-/m1/s1.